The number of hydrogen-bond donors (Lipinski definition) is 0. The number of rotatable bonds is 2. The number of ketones is 1. The molecule has 4 rings (SSSR count). The molecule has 0 aromatic rings. The van der Waals surface area contributed by atoms with Gasteiger partial charge in [-0.2, -0.15) is 0 Å². The summed E-state index contributed by atoms with van der Waals surface area (Å²) in [5.41, 5.74) is -0.0810. The van der Waals surface area contributed by atoms with Gasteiger partial charge in [-0.25, -0.2) is 0 Å². The van der Waals surface area contributed by atoms with Crippen molar-refractivity contribution in [1.82, 2.24) is 0 Å². The highest BCUT2D eigenvalue weighted by atomic mass is 16.5. The lowest BCUT2D eigenvalue weighted by molar-refractivity contribution is -0.207. The second-order valence-electron chi connectivity index (χ2n) is 7.35. The Morgan fingerprint density at radius 2 is 2.11 bits per heavy atom. The molecule has 0 bridgehead atoms. The van der Waals surface area contributed by atoms with Crippen molar-refractivity contribution in [1.29, 1.82) is 0 Å². The van der Waals surface area contributed by atoms with E-state index in [2.05, 4.69) is 13.8 Å². The van der Waals surface area contributed by atoms with Gasteiger partial charge in [-0.3, -0.25) is 9.59 Å². The number of carbonyl (C=O) groups is 2. The van der Waals surface area contributed by atoms with Crippen LogP contribution in [0.2, 0.25) is 0 Å². The summed E-state index contributed by atoms with van der Waals surface area (Å²) >= 11 is 0. The van der Waals surface area contributed by atoms with Crippen molar-refractivity contribution < 1.29 is 14.3 Å². The van der Waals surface area contributed by atoms with Gasteiger partial charge < -0.3 is 4.74 Å². The Bertz CT molecular complexity index is 459. The van der Waals surface area contributed by atoms with E-state index in [9.17, 15) is 9.59 Å². The average molecular weight is 248 g/mol. The summed E-state index contributed by atoms with van der Waals surface area (Å²) < 4.78 is 5.67. The first-order valence-electron chi connectivity index (χ1n) is 7.15. The molecule has 1 spiro atoms. The van der Waals surface area contributed by atoms with E-state index in [1.54, 1.807) is 0 Å². The third-order valence-corrected chi connectivity index (χ3v) is 7.04. The van der Waals surface area contributed by atoms with E-state index in [1.165, 1.54) is 0 Å². The highest BCUT2D eigenvalue weighted by Gasteiger charge is 2.85. The summed E-state index contributed by atoms with van der Waals surface area (Å²) in [7, 11) is 0. The Morgan fingerprint density at radius 3 is 2.83 bits per heavy atom. The molecule has 2 unspecified atom stereocenters. The lowest BCUT2D eigenvalue weighted by Crippen LogP contribution is -2.63. The molecule has 0 N–H and O–H groups in total. The van der Waals surface area contributed by atoms with E-state index in [0.29, 0.717) is 24.1 Å². The third-order valence-electron chi connectivity index (χ3n) is 7.04. The van der Waals surface area contributed by atoms with Gasteiger partial charge in [-0.05, 0) is 42.9 Å². The minimum Gasteiger partial charge on any atom is -0.461 e. The van der Waals surface area contributed by atoms with E-state index in [-0.39, 0.29) is 22.3 Å². The standard InChI is InChI=1S/C15H20O3/c1-9-6-14(18-8-16)4-3-13(2)7-11-12(17)5-10(9)15(11,13)14/h8-11H,3-7H2,1-2H3/t9-,10?,11+,13-,14+,15?/m1/s1. The predicted molar refractivity (Wildman–Crippen MR) is 64.7 cm³/mol. The van der Waals surface area contributed by atoms with Gasteiger partial charge in [0.25, 0.3) is 6.47 Å². The molecular weight excluding hydrogens is 228 g/mol. The maximum absolute atomic E-state index is 12.3. The Hall–Kier alpha value is -0.860. The Balaban J connectivity index is 1.92. The fourth-order valence-corrected chi connectivity index (χ4v) is 6.74. The molecule has 0 amide bonds. The number of carbonyl (C=O) groups excluding carboxylic acids is 2. The average Bonchev–Trinajstić information content (AvgIpc) is 2.76. The Morgan fingerprint density at radius 1 is 1.33 bits per heavy atom. The molecule has 0 aromatic carbocycles. The number of hydrogen-bond acceptors (Lipinski definition) is 3. The van der Waals surface area contributed by atoms with E-state index >= 15 is 0 Å². The lowest BCUT2D eigenvalue weighted by Gasteiger charge is -2.61. The van der Waals surface area contributed by atoms with Crippen molar-refractivity contribution >= 4 is 12.3 Å². The molecule has 4 fully saturated rings. The molecule has 98 valence electrons. The zero-order chi connectivity index (χ0) is 12.8. The van der Waals surface area contributed by atoms with Crippen LogP contribution in [0.3, 0.4) is 0 Å². The SMILES string of the molecule is C[C@@H]1C[C@@]2(OC=O)CC[C@]3(C)C[C@H]4C(=O)CC1C432. The van der Waals surface area contributed by atoms with Crippen LogP contribution >= 0.6 is 0 Å². The molecule has 0 radical (unpaired) electrons. The summed E-state index contributed by atoms with van der Waals surface area (Å²) in [6.45, 7) is 5.19. The minimum atomic E-state index is -0.317. The molecule has 4 saturated carbocycles. The molecule has 0 aromatic heterocycles. The van der Waals surface area contributed by atoms with Crippen molar-refractivity contribution in [3.05, 3.63) is 0 Å². The fourth-order valence-electron chi connectivity index (χ4n) is 6.74. The van der Waals surface area contributed by atoms with Crippen molar-refractivity contribution in [2.45, 2.75) is 51.6 Å². The second-order valence-corrected chi connectivity index (χ2v) is 7.35. The number of ether oxygens (including phenoxy) is 1. The van der Waals surface area contributed by atoms with Crippen LogP contribution < -0.4 is 0 Å². The van der Waals surface area contributed by atoms with Gasteiger partial charge in [0, 0.05) is 17.8 Å². The Labute approximate surface area is 107 Å². The quantitative estimate of drug-likeness (QED) is 0.704. The topological polar surface area (TPSA) is 43.4 Å². The van der Waals surface area contributed by atoms with Crippen molar-refractivity contribution in [2.24, 2.45) is 28.6 Å². The monoisotopic (exact) mass is 248 g/mol. The molecule has 0 heterocycles. The van der Waals surface area contributed by atoms with Gasteiger partial charge >= 0.3 is 0 Å². The number of Topliss-reactive ketones (excluding diaryl/α,β-unsaturated/α-hetero) is 1. The molecule has 4 aliphatic carbocycles. The summed E-state index contributed by atoms with van der Waals surface area (Å²) in [4.78, 5) is 23.2. The van der Waals surface area contributed by atoms with Crippen LogP contribution in [0.5, 0.6) is 0 Å². The van der Waals surface area contributed by atoms with Gasteiger partial charge in [0.05, 0.1) is 0 Å². The zero-order valence-corrected chi connectivity index (χ0v) is 11.1. The predicted octanol–water partition coefficient (Wildman–Crippen LogP) is 2.33. The van der Waals surface area contributed by atoms with Crippen LogP contribution in [-0.4, -0.2) is 17.9 Å². The molecule has 18 heavy (non-hydrogen) atoms. The summed E-state index contributed by atoms with van der Waals surface area (Å²) in [6, 6.07) is 0. The van der Waals surface area contributed by atoms with Crippen LogP contribution in [0.4, 0.5) is 0 Å². The van der Waals surface area contributed by atoms with E-state index in [1.807, 2.05) is 0 Å². The first kappa shape index (κ1) is 11.0. The molecular formula is C15H20O3. The third kappa shape index (κ3) is 0.784. The summed E-state index contributed by atoms with van der Waals surface area (Å²) in [5.74, 6) is 1.58. The molecule has 6 atom stereocenters. The Kier molecular flexibility index (Phi) is 1.73. The highest BCUT2D eigenvalue weighted by Crippen LogP contribution is 2.84. The molecule has 4 aliphatic rings. The molecule has 0 aliphatic heterocycles. The minimum absolute atomic E-state index is 0.00257. The van der Waals surface area contributed by atoms with Crippen LogP contribution in [0.15, 0.2) is 0 Å². The van der Waals surface area contributed by atoms with E-state index in [4.69, 9.17) is 4.74 Å². The molecule has 0 saturated heterocycles. The lowest BCUT2D eigenvalue weighted by atomic mass is 9.43. The molecule has 3 heteroatoms. The molecule has 3 nitrogen and oxygen atoms in total. The summed E-state index contributed by atoms with van der Waals surface area (Å²) in [5, 5.41) is 0. The first-order chi connectivity index (χ1) is 8.51. The van der Waals surface area contributed by atoms with Gasteiger partial charge in [-0.15, -0.1) is 0 Å². The zero-order valence-electron chi connectivity index (χ0n) is 11.1. The van der Waals surface area contributed by atoms with Crippen LogP contribution in [0.1, 0.15) is 46.0 Å². The van der Waals surface area contributed by atoms with Gasteiger partial charge in [-0.1, -0.05) is 13.8 Å². The van der Waals surface area contributed by atoms with E-state index in [0.717, 1.165) is 32.1 Å². The summed E-state index contributed by atoms with van der Waals surface area (Å²) in [6.07, 6.45) is 4.81. The van der Waals surface area contributed by atoms with Crippen molar-refractivity contribution in [3.63, 3.8) is 0 Å². The largest absolute Gasteiger partial charge is 0.461 e. The van der Waals surface area contributed by atoms with E-state index < -0.39 is 0 Å². The second kappa shape index (κ2) is 2.83. The maximum atomic E-state index is 12.3. The van der Waals surface area contributed by atoms with Crippen LogP contribution in [0.25, 0.3) is 0 Å². The smallest absolute Gasteiger partial charge is 0.293 e. The maximum Gasteiger partial charge on any atom is 0.293 e. The fraction of sp³-hybridized carbons (Fsp3) is 0.867. The normalized spacial score (nSPS) is 60.1. The first-order valence-corrected chi connectivity index (χ1v) is 7.15. The van der Waals surface area contributed by atoms with Crippen molar-refractivity contribution in [3.8, 4) is 0 Å². The van der Waals surface area contributed by atoms with Crippen LogP contribution in [-0.2, 0) is 14.3 Å². The van der Waals surface area contributed by atoms with Crippen molar-refractivity contribution in [2.75, 3.05) is 0 Å². The van der Waals surface area contributed by atoms with Gasteiger partial charge in [0.1, 0.15) is 11.4 Å². The van der Waals surface area contributed by atoms with Gasteiger partial charge in [0.2, 0.25) is 0 Å². The van der Waals surface area contributed by atoms with Gasteiger partial charge in [0.15, 0.2) is 0 Å². The van der Waals surface area contributed by atoms with Crippen LogP contribution in [0, 0.1) is 28.6 Å². The highest BCUT2D eigenvalue weighted by molar-refractivity contribution is 5.88.